The molecule has 5 nitrogen and oxygen atoms in total. The third-order valence-corrected chi connectivity index (χ3v) is 4.61. The normalized spacial score (nSPS) is 26.7. The van der Waals surface area contributed by atoms with Crippen LogP contribution in [0, 0.1) is 0 Å². The van der Waals surface area contributed by atoms with Gasteiger partial charge in [0.2, 0.25) is 0 Å². The van der Waals surface area contributed by atoms with Gasteiger partial charge >= 0.3 is 12.2 Å². The van der Waals surface area contributed by atoms with Gasteiger partial charge in [0.25, 0.3) is 0 Å². The predicted octanol–water partition coefficient (Wildman–Crippen LogP) is 2.32. The maximum atomic E-state index is 13.1. The molecule has 2 fully saturated rings. The van der Waals surface area contributed by atoms with Crippen molar-refractivity contribution in [1.29, 1.82) is 0 Å². The zero-order chi connectivity index (χ0) is 15.0. The van der Waals surface area contributed by atoms with Crippen LogP contribution in [-0.2, 0) is 4.74 Å². The number of rotatable bonds is 2. The number of halogens is 3. The number of alkyl halides is 3. The van der Waals surface area contributed by atoms with Gasteiger partial charge in [-0.25, -0.2) is 9.78 Å². The number of urea groups is 1. The minimum atomic E-state index is -4.57. The van der Waals surface area contributed by atoms with Crippen molar-refractivity contribution < 1.29 is 22.7 Å². The van der Waals surface area contributed by atoms with Crippen LogP contribution < -0.4 is 5.32 Å². The van der Waals surface area contributed by atoms with Crippen molar-refractivity contribution in [3.8, 4) is 0 Å². The van der Waals surface area contributed by atoms with Gasteiger partial charge in [0, 0.05) is 11.6 Å². The highest BCUT2D eigenvalue weighted by Gasteiger charge is 2.47. The number of amides is 2. The number of hydrogen-bond acceptors (Lipinski definition) is 4. The van der Waals surface area contributed by atoms with Crippen LogP contribution >= 0.6 is 11.3 Å². The van der Waals surface area contributed by atoms with Crippen molar-refractivity contribution in [2.45, 2.75) is 37.1 Å². The first-order valence-electron chi connectivity index (χ1n) is 6.59. The number of nitrogens with zero attached hydrogens (tertiary/aromatic N) is 2. The van der Waals surface area contributed by atoms with E-state index in [9.17, 15) is 18.0 Å². The molecule has 3 unspecified atom stereocenters. The van der Waals surface area contributed by atoms with Crippen molar-refractivity contribution in [3.05, 3.63) is 16.6 Å². The monoisotopic (exact) mass is 321 g/mol. The number of carbonyl (C=O) groups excluding carboxylic acids is 1. The van der Waals surface area contributed by atoms with Crippen molar-refractivity contribution in [2.75, 3.05) is 13.2 Å². The van der Waals surface area contributed by atoms with Crippen molar-refractivity contribution in [1.82, 2.24) is 15.2 Å². The number of carbonyl (C=O) groups is 1. The second kappa shape index (κ2) is 5.45. The number of fused-ring (bicyclic) bond motifs is 2. The van der Waals surface area contributed by atoms with Crippen LogP contribution in [-0.4, -0.2) is 47.4 Å². The minimum Gasteiger partial charge on any atom is -0.377 e. The van der Waals surface area contributed by atoms with E-state index in [0.717, 1.165) is 24.2 Å². The maximum Gasteiger partial charge on any atom is 0.415 e. The average molecular weight is 321 g/mol. The molecule has 3 rings (SSSR count). The number of thiazole rings is 1. The molecule has 116 valence electrons. The number of ether oxygens (including phenoxy) is 1. The molecule has 2 aliphatic heterocycles. The van der Waals surface area contributed by atoms with E-state index in [1.54, 1.807) is 0 Å². The largest absolute Gasteiger partial charge is 0.415 e. The van der Waals surface area contributed by atoms with Gasteiger partial charge in [0.1, 0.15) is 5.01 Å². The fourth-order valence-corrected chi connectivity index (χ4v) is 3.53. The lowest BCUT2D eigenvalue weighted by molar-refractivity contribution is -0.155. The molecule has 0 spiro atoms. The summed E-state index contributed by atoms with van der Waals surface area (Å²) in [4.78, 5) is 17.4. The minimum absolute atomic E-state index is 0.131. The quantitative estimate of drug-likeness (QED) is 0.909. The van der Waals surface area contributed by atoms with E-state index >= 15 is 0 Å². The second-order valence-corrected chi connectivity index (χ2v) is 6.05. The van der Waals surface area contributed by atoms with E-state index in [1.807, 2.05) is 0 Å². The lowest BCUT2D eigenvalue weighted by Crippen LogP contribution is -2.54. The highest BCUT2D eigenvalue weighted by Crippen LogP contribution is 2.35. The molecule has 2 amide bonds. The lowest BCUT2D eigenvalue weighted by Gasteiger charge is -2.35. The highest BCUT2D eigenvalue weighted by molar-refractivity contribution is 7.09. The Bertz CT molecular complexity index is 492. The molecule has 0 radical (unpaired) electrons. The molecule has 2 bridgehead atoms. The summed E-state index contributed by atoms with van der Waals surface area (Å²) in [5.74, 6) is 0. The third-order valence-electron chi connectivity index (χ3n) is 3.77. The Labute approximate surface area is 123 Å². The van der Waals surface area contributed by atoms with Crippen LogP contribution in [0.25, 0.3) is 0 Å². The average Bonchev–Trinajstić information content (AvgIpc) is 3.01. The van der Waals surface area contributed by atoms with E-state index in [4.69, 9.17) is 4.74 Å². The standard InChI is InChI=1S/C12H14F3N3O2S/c13-12(14,15)9(10-16-3-4-21-10)17-11(19)18-7-1-2-8(18)6-20-5-7/h3-4,7-9H,1-2,5-6H2,(H,17,19). The van der Waals surface area contributed by atoms with Crippen LogP contribution in [0.4, 0.5) is 18.0 Å². The summed E-state index contributed by atoms with van der Waals surface area (Å²) in [5, 5.41) is 3.39. The molecular weight excluding hydrogens is 307 g/mol. The topological polar surface area (TPSA) is 54.5 Å². The third kappa shape index (κ3) is 2.84. The molecule has 1 aromatic rings. The summed E-state index contributed by atoms with van der Waals surface area (Å²) in [6.07, 6.45) is -1.74. The molecule has 0 aliphatic carbocycles. The molecule has 2 saturated heterocycles. The van der Waals surface area contributed by atoms with Crippen LogP contribution in [0.15, 0.2) is 11.6 Å². The maximum absolute atomic E-state index is 13.1. The number of hydrogen-bond donors (Lipinski definition) is 1. The van der Waals surface area contributed by atoms with Crippen LogP contribution in [0.2, 0.25) is 0 Å². The van der Waals surface area contributed by atoms with Crippen molar-refractivity contribution >= 4 is 17.4 Å². The molecule has 0 saturated carbocycles. The first kappa shape index (κ1) is 14.6. The van der Waals surface area contributed by atoms with Crippen molar-refractivity contribution in [3.63, 3.8) is 0 Å². The Balaban J connectivity index is 1.76. The molecule has 2 aliphatic rings. The molecule has 1 aromatic heterocycles. The van der Waals surface area contributed by atoms with Gasteiger partial charge in [-0.1, -0.05) is 0 Å². The van der Waals surface area contributed by atoms with Gasteiger partial charge in [-0.15, -0.1) is 11.3 Å². The second-order valence-electron chi connectivity index (χ2n) is 5.12. The summed E-state index contributed by atoms with van der Waals surface area (Å²) in [5.41, 5.74) is 0. The molecule has 21 heavy (non-hydrogen) atoms. The van der Waals surface area contributed by atoms with Gasteiger partial charge < -0.3 is 15.0 Å². The first-order chi connectivity index (χ1) is 9.97. The molecular formula is C12H14F3N3O2S. The van der Waals surface area contributed by atoms with Gasteiger partial charge in [-0.3, -0.25) is 0 Å². The van der Waals surface area contributed by atoms with Crippen LogP contribution in [0.5, 0.6) is 0 Å². The smallest absolute Gasteiger partial charge is 0.377 e. The fourth-order valence-electron chi connectivity index (χ4n) is 2.82. The number of aromatic nitrogens is 1. The van der Waals surface area contributed by atoms with Crippen LogP contribution in [0.1, 0.15) is 23.9 Å². The predicted molar refractivity (Wildman–Crippen MR) is 68.9 cm³/mol. The molecule has 0 aromatic carbocycles. The molecule has 3 heterocycles. The molecule has 9 heteroatoms. The SMILES string of the molecule is O=C(NC(c1nccs1)C(F)(F)F)N1C2CCC1COC2. The summed E-state index contributed by atoms with van der Waals surface area (Å²) < 4.78 is 44.7. The van der Waals surface area contributed by atoms with Gasteiger partial charge in [0.05, 0.1) is 25.3 Å². The Kier molecular flexibility index (Phi) is 3.78. The van der Waals surface area contributed by atoms with E-state index in [0.29, 0.717) is 13.2 Å². The lowest BCUT2D eigenvalue weighted by atomic mass is 10.2. The summed E-state index contributed by atoms with van der Waals surface area (Å²) in [6.45, 7) is 0.774. The summed E-state index contributed by atoms with van der Waals surface area (Å²) >= 11 is 0.875. The van der Waals surface area contributed by atoms with Gasteiger partial charge in [0.15, 0.2) is 6.04 Å². The Morgan fingerprint density at radius 2 is 2.10 bits per heavy atom. The Morgan fingerprint density at radius 3 is 2.62 bits per heavy atom. The van der Waals surface area contributed by atoms with Gasteiger partial charge in [-0.05, 0) is 12.8 Å². The zero-order valence-electron chi connectivity index (χ0n) is 11.0. The van der Waals surface area contributed by atoms with Crippen LogP contribution in [0.3, 0.4) is 0 Å². The molecule has 3 atom stereocenters. The fraction of sp³-hybridized carbons (Fsp3) is 0.667. The number of nitrogens with one attached hydrogen (secondary N) is 1. The first-order valence-corrected chi connectivity index (χ1v) is 7.47. The Hall–Kier alpha value is -1.35. The van der Waals surface area contributed by atoms with E-state index < -0.39 is 18.2 Å². The zero-order valence-corrected chi connectivity index (χ0v) is 11.8. The Morgan fingerprint density at radius 1 is 1.43 bits per heavy atom. The highest BCUT2D eigenvalue weighted by atomic mass is 32.1. The summed E-state index contributed by atoms with van der Waals surface area (Å²) in [7, 11) is 0. The molecule has 1 N–H and O–H groups in total. The van der Waals surface area contributed by atoms with E-state index in [-0.39, 0.29) is 17.1 Å². The van der Waals surface area contributed by atoms with E-state index in [2.05, 4.69) is 10.3 Å². The summed E-state index contributed by atoms with van der Waals surface area (Å²) in [6, 6.07) is -3.02. The van der Waals surface area contributed by atoms with E-state index in [1.165, 1.54) is 16.5 Å². The van der Waals surface area contributed by atoms with Gasteiger partial charge in [-0.2, -0.15) is 13.2 Å². The number of morpholine rings is 1. The van der Waals surface area contributed by atoms with Crippen molar-refractivity contribution in [2.24, 2.45) is 0 Å².